The van der Waals surface area contributed by atoms with Gasteiger partial charge in [-0.15, -0.1) is 0 Å². The first-order valence-electron chi connectivity index (χ1n) is 5.78. The van der Waals surface area contributed by atoms with Gasteiger partial charge in [0.05, 0.1) is 22.6 Å². The molecular formula is C13H8F3N3O2. The SMILES string of the molecule is Nc1cc2oc(=O)[nH]c2cc1Nc1cc(F)cc(F)c1F. The number of aromatic nitrogens is 1. The van der Waals surface area contributed by atoms with E-state index < -0.39 is 28.9 Å². The van der Waals surface area contributed by atoms with E-state index >= 15 is 0 Å². The molecule has 0 atom stereocenters. The van der Waals surface area contributed by atoms with Crippen LogP contribution in [0.2, 0.25) is 0 Å². The van der Waals surface area contributed by atoms with Crippen molar-refractivity contribution < 1.29 is 17.6 Å². The Kier molecular flexibility index (Phi) is 2.86. The van der Waals surface area contributed by atoms with Crippen LogP contribution in [0.15, 0.2) is 33.5 Å². The van der Waals surface area contributed by atoms with Crippen LogP contribution in [0, 0.1) is 17.5 Å². The van der Waals surface area contributed by atoms with Crippen molar-refractivity contribution in [3.05, 3.63) is 52.3 Å². The van der Waals surface area contributed by atoms with Gasteiger partial charge in [0.15, 0.2) is 17.2 Å². The number of aromatic amines is 1. The Morgan fingerprint density at radius 1 is 1.10 bits per heavy atom. The molecule has 0 amide bonds. The van der Waals surface area contributed by atoms with Crippen LogP contribution in [0.3, 0.4) is 0 Å². The Balaban J connectivity index is 2.09. The number of fused-ring (bicyclic) bond motifs is 1. The van der Waals surface area contributed by atoms with Gasteiger partial charge in [0.25, 0.3) is 0 Å². The number of nitrogens with two attached hydrogens (primary N) is 1. The summed E-state index contributed by atoms with van der Waals surface area (Å²) in [6.45, 7) is 0. The van der Waals surface area contributed by atoms with Gasteiger partial charge < -0.3 is 15.5 Å². The molecule has 0 aliphatic rings. The first-order chi connectivity index (χ1) is 9.94. The monoisotopic (exact) mass is 295 g/mol. The van der Waals surface area contributed by atoms with Crippen molar-refractivity contribution in [2.75, 3.05) is 11.1 Å². The van der Waals surface area contributed by atoms with Crippen molar-refractivity contribution in [2.45, 2.75) is 0 Å². The fourth-order valence-corrected chi connectivity index (χ4v) is 1.91. The third-order valence-electron chi connectivity index (χ3n) is 2.85. The lowest BCUT2D eigenvalue weighted by Gasteiger charge is -2.10. The maximum atomic E-state index is 13.6. The largest absolute Gasteiger partial charge is 0.417 e. The summed E-state index contributed by atoms with van der Waals surface area (Å²) < 4.78 is 44.7. The third-order valence-corrected chi connectivity index (χ3v) is 2.85. The molecule has 0 bridgehead atoms. The smallest absolute Gasteiger partial charge is 0.408 e. The molecule has 1 heterocycles. The number of oxazole rings is 1. The third kappa shape index (κ3) is 2.31. The second kappa shape index (κ2) is 4.58. The quantitative estimate of drug-likeness (QED) is 0.501. The van der Waals surface area contributed by atoms with Gasteiger partial charge in [0.2, 0.25) is 0 Å². The minimum absolute atomic E-state index is 0.120. The number of benzene rings is 2. The molecule has 0 spiro atoms. The Morgan fingerprint density at radius 2 is 1.86 bits per heavy atom. The van der Waals surface area contributed by atoms with E-state index in [1.165, 1.54) is 12.1 Å². The Labute approximate surface area is 115 Å². The molecule has 0 fully saturated rings. The number of halogens is 3. The highest BCUT2D eigenvalue weighted by atomic mass is 19.2. The van der Waals surface area contributed by atoms with Gasteiger partial charge in [-0.1, -0.05) is 0 Å². The van der Waals surface area contributed by atoms with Gasteiger partial charge in [-0.05, 0) is 6.07 Å². The molecule has 5 nitrogen and oxygen atoms in total. The van der Waals surface area contributed by atoms with Crippen LogP contribution in [-0.2, 0) is 0 Å². The minimum atomic E-state index is -1.33. The Hall–Kier alpha value is -2.90. The average Bonchev–Trinajstić information content (AvgIpc) is 2.75. The molecule has 8 heteroatoms. The van der Waals surface area contributed by atoms with Crippen molar-refractivity contribution in [1.82, 2.24) is 4.98 Å². The number of hydrogen-bond donors (Lipinski definition) is 3. The fourth-order valence-electron chi connectivity index (χ4n) is 1.91. The van der Waals surface area contributed by atoms with Crippen LogP contribution >= 0.6 is 0 Å². The van der Waals surface area contributed by atoms with E-state index in [-0.39, 0.29) is 17.0 Å². The zero-order valence-corrected chi connectivity index (χ0v) is 10.3. The molecule has 108 valence electrons. The van der Waals surface area contributed by atoms with E-state index in [2.05, 4.69) is 10.3 Å². The van der Waals surface area contributed by atoms with Gasteiger partial charge in [-0.25, -0.2) is 18.0 Å². The molecule has 0 aliphatic carbocycles. The van der Waals surface area contributed by atoms with E-state index in [9.17, 15) is 18.0 Å². The van der Waals surface area contributed by atoms with Crippen LogP contribution in [-0.4, -0.2) is 4.98 Å². The van der Waals surface area contributed by atoms with Gasteiger partial charge >= 0.3 is 5.76 Å². The number of rotatable bonds is 2. The summed E-state index contributed by atoms with van der Waals surface area (Å²) in [7, 11) is 0. The van der Waals surface area contributed by atoms with Gasteiger partial charge in [0, 0.05) is 18.2 Å². The highest BCUT2D eigenvalue weighted by Crippen LogP contribution is 2.29. The molecule has 4 N–H and O–H groups in total. The van der Waals surface area contributed by atoms with E-state index in [0.717, 1.165) is 6.07 Å². The van der Waals surface area contributed by atoms with Gasteiger partial charge in [-0.3, -0.25) is 4.98 Å². The zero-order valence-electron chi connectivity index (χ0n) is 10.3. The summed E-state index contributed by atoms with van der Waals surface area (Å²) >= 11 is 0. The normalized spacial score (nSPS) is 11.0. The van der Waals surface area contributed by atoms with Crippen molar-refractivity contribution in [3.63, 3.8) is 0 Å². The van der Waals surface area contributed by atoms with Crippen LogP contribution in [0.5, 0.6) is 0 Å². The summed E-state index contributed by atoms with van der Waals surface area (Å²) in [6, 6.07) is 3.93. The summed E-state index contributed by atoms with van der Waals surface area (Å²) in [6.07, 6.45) is 0. The lowest BCUT2D eigenvalue weighted by molar-refractivity contribution is 0.498. The molecular weight excluding hydrogens is 287 g/mol. The first kappa shape index (κ1) is 13.1. The van der Waals surface area contributed by atoms with Crippen LogP contribution in [0.1, 0.15) is 0 Å². The lowest BCUT2D eigenvalue weighted by Crippen LogP contribution is -2.01. The predicted molar refractivity (Wildman–Crippen MR) is 70.8 cm³/mol. The topological polar surface area (TPSA) is 84.0 Å². The summed E-state index contributed by atoms with van der Waals surface area (Å²) in [5, 5.41) is 2.48. The molecule has 1 aromatic heterocycles. The molecule has 0 aliphatic heterocycles. The van der Waals surface area contributed by atoms with E-state index in [1.807, 2.05) is 0 Å². The minimum Gasteiger partial charge on any atom is -0.408 e. The molecule has 3 rings (SSSR count). The van der Waals surface area contributed by atoms with E-state index in [4.69, 9.17) is 10.2 Å². The highest BCUT2D eigenvalue weighted by Gasteiger charge is 2.13. The second-order valence-corrected chi connectivity index (χ2v) is 4.32. The van der Waals surface area contributed by atoms with Gasteiger partial charge in [-0.2, -0.15) is 0 Å². The summed E-state index contributed by atoms with van der Waals surface area (Å²) in [5.41, 5.74) is 6.13. The standard InChI is InChI=1S/C13H8F3N3O2/c14-5-1-6(15)12(16)10(2-5)18-8-4-9-11(3-7(8)17)21-13(20)19-9/h1-4,18H,17H2,(H,19,20). The maximum absolute atomic E-state index is 13.6. The predicted octanol–water partition coefficient (Wildman–Crippen LogP) is 2.86. The number of nitrogens with one attached hydrogen (secondary N) is 2. The summed E-state index contributed by atoms with van der Waals surface area (Å²) in [4.78, 5) is 13.5. The maximum Gasteiger partial charge on any atom is 0.417 e. The molecule has 21 heavy (non-hydrogen) atoms. The fraction of sp³-hybridized carbons (Fsp3) is 0. The molecule has 3 aromatic rings. The number of H-pyrrole nitrogens is 1. The van der Waals surface area contributed by atoms with E-state index in [1.54, 1.807) is 0 Å². The van der Waals surface area contributed by atoms with E-state index in [0.29, 0.717) is 11.6 Å². The number of anilines is 3. The second-order valence-electron chi connectivity index (χ2n) is 4.32. The van der Waals surface area contributed by atoms with Crippen molar-refractivity contribution >= 4 is 28.2 Å². The Bertz CT molecular complexity index is 902. The van der Waals surface area contributed by atoms with Crippen molar-refractivity contribution in [1.29, 1.82) is 0 Å². The lowest BCUT2D eigenvalue weighted by atomic mass is 10.2. The average molecular weight is 295 g/mol. The highest BCUT2D eigenvalue weighted by molar-refractivity contribution is 5.87. The Morgan fingerprint density at radius 3 is 2.62 bits per heavy atom. The van der Waals surface area contributed by atoms with Gasteiger partial charge in [0.1, 0.15) is 5.82 Å². The molecule has 2 aromatic carbocycles. The molecule has 0 unspecified atom stereocenters. The van der Waals surface area contributed by atoms with Crippen LogP contribution < -0.4 is 16.8 Å². The van der Waals surface area contributed by atoms with Crippen molar-refractivity contribution in [2.24, 2.45) is 0 Å². The number of nitrogen functional groups attached to an aromatic ring is 1. The molecule has 0 radical (unpaired) electrons. The molecule has 0 saturated heterocycles. The first-order valence-corrected chi connectivity index (χ1v) is 5.78. The van der Waals surface area contributed by atoms with Crippen LogP contribution in [0.4, 0.5) is 30.2 Å². The van der Waals surface area contributed by atoms with Crippen LogP contribution in [0.25, 0.3) is 11.1 Å². The summed E-state index contributed by atoms with van der Waals surface area (Å²) in [5.74, 6) is -4.18. The number of hydrogen-bond acceptors (Lipinski definition) is 4. The molecule has 0 saturated carbocycles. The zero-order chi connectivity index (χ0) is 15.1. The van der Waals surface area contributed by atoms with Crippen molar-refractivity contribution in [3.8, 4) is 0 Å².